The molecule has 1 N–H and O–H groups in total. The van der Waals surface area contributed by atoms with Crippen molar-refractivity contribution < 1.29 is 22.7 Å². The standard InChI is InChI=1S/C22H18F2N2O3/c1-12(13-4-3-5-15(10-13)28-2)26-22(27)14-6-7-16-17-8-9-25-19(21(23)24)20(17)29-18(16)11-14/h3-12,21H,1-2H3,(H,26,27). The number of nitrogens with one attached hydrogen (secondary N) is 1. The van der Waals surface area contributed by atoms with Crippen LogP contribution in [0.25, 0.3) is 21.9 Å². The van der Waals surface area contributed by atoms with Crippen molar-refractivity contribution in [2.24, 2.45) is 0 Å². The third kappa shape index (κ3) is 3.51. The van der Waals surface area contributed by atoms with Gasteiger partial charge in [-0.25, -0.2) is 8.78 Å². The van der Waals surface area contributed by atoms with Crippen molar-refractivity contribution >= 4 is 27.8 Å². The SMILES string of the molecule is COc1cccc(C(C)NC(=O)c2ccc3c(c2)oc2c(C(F)F)nccc23)c1. The van der Waals surface area contributed by atoms with E-state index in [9.17, 15) is 13.6 Å². The lowest BCUT2D eigenvalue weighted by Gasteiger charge is -2.15. The molecule has 1 atom stereocenters. The van der Waals surface area contributed by atoms with Crippen molar-refractivity contribution in [1.82, 2.24) is 10.3 Å². The van der Waals surface area contributed by atoms with Crippen molar-refractivity contribution in [2.75, 3.05) is 7.11 Å². The molecule has 4 rings (SSSR count). The maximum atomic E-state index is 13.2. The average Bonchev–Trinajstić information content (AvgIpc) is 3.11. The molecule has 1 amide bonds. The lowest BCUT2D eigenvalue weighted by atomic mass is 10.1. The largest absolute Gasteiger partial charge is 0.497 e. The van der Waals surface area contributed by atoms with E-state index in [2.05, 4.69) is 10.3 Å². The summed E-state index contributed by atoms with van der Waals surface area (Å²) >= 11 is 0. The molecule has 0 spiro atoms. The van der Waals surface area contributed by atoms with E-state index < -0.39 is 12.1 Å². The molecule has 2 heterocycles. The Morgan fingerprint density at radius 2 is 1.97 bits per heavy atom. The number of alkyl halides is 2. The fourth-order valence-electron chi connectivity index (χ4n) is 3.29. The molecule has 0 aliphatic heterocycles. The molecule has 148 valence electrons. The van der Waals surface area contributed by atoms with E-state index in [1.165, 1.54) is 6.20 Å². The van der Waals surface area contributed by atoms with E-state index >= 15 is 0 Å². The molecule has 5 nitrogen and oxygen atoms in total. The summed E-state index contributed by atoms with van der Waals surface area (Å²) in [5.74, 6) is 0.408. The Morgan fingerprint density at radius 3 is 2.72 bits per heavy atom. The molecule has 0 radical (unpaired) electrons. The zero-order valence-electron chi connectivity index (χ0n) is 15.8. The smallest absolute Gasteiger partial charge is 0.284 e. The van der Waals surface area contributed by atoms with Crippen LogP contribution in [0.4, 0.5) is 8.78 Å². The minimum absolute atomic E-state index is 0.0415. The molecule has 29 heavy (non-hydrogen) atoms. The van der Waals surface area contributed by atoms with Crippen LogP contribution in [-0.4, -0.2) is 18.0 Å². The van der Waals surface area contributed by atoms with Gasteiger partial charge in [-0.2, -0.15) is 0 Å². The van der Waals surface area contributed by atoms with Gasteiger partial charge < -0.3 is 14.5 Å². The first kappa shape index (κ1) is 18.9. The molecule has 0 saturated heterocycles. The molecule has 1 unspecified atom stereocenters. The van der Waals surface area contributed by atoms with Crippen LogP contribution in [0.1, 0.15) is 41.0 Å². The molecule has 4 aromatic rings. The number of hydrogen-bond acceptors (Lipinski definition) is 4. The maximum Gasteiger partial charge on any atom is 0.284 e. The van der Waals surface area contributed by atoms with Crippen molar-refractivity contribution in [2.45, 2.75) is 19.4 Å². The van der Waals surface area contributed by atoms with Gasteiger partial charge in [0.2, 0.25) is 0 Å². The van der Waals surface area contributed by atoms with Gasteiger partial charge >= 0.3 is 0 Å². The number of ether oxygens (including phenoxy) is 1. The van der Waals surface area contributed by atoms with Gasteiger partial charge in [-0.05, 0) is 48.9 Å². The molecule has 2 aromatic carbocycles. The van der Waals surface area contributed by atoms with Crippen molar-refractivity contribution in [3.63, 3.8) is 0 Å². The number of methoxy groups -OCH3 is 1. The Kier molecular flexibility index (Phi) is 4.88. The van der Waals surface area contributed by atoms with Crippen LogP contribution in [0.2, 0.25) is 0 Å². The summed E-state index contributed by atoms with van der Waals surface area (Å²) in [6, 6.07) is 13.7. The van der Waals surface area contributed by atoms with Crippen molar-refractivity contribution in [3.8, 4) is 5.75 Å². The molecule has 0 aliphatic carbocycles. The van der Waals surface area contributed by atoms with Gasteiger partial charge in [-0.1, -0.05) is 12.1 Å². The Bertz CT molecular complexity index is 1200. The summed E-state index contributed by atoms with van der Waals surface area (Å²) < 4.78 is 37.2. The number of furan rings is 1. The summed E-state index contributed by atoms with van der Waals surface area (Å²) in [6.45, 7) is 1.87. The lowest BCUT2D eigenvalue weighted by molar-refractivity contribution is 0.0939. The van der Waals surface area contributed by atoms with Crippen LogP contribution in [0, 0.1) is 0 Å². The molecule has 0 bridgehead atoms. The highest BCUT2D eigenvalue weighted by Crippen LogP contribution is 2.34. The number of carbonyl (C=O) groups is 1. The van der Waals surface area contributed by atoms with Gasteiger partial charge in [0.1, 0.15) is 17.0 Å². The summed E-state index contributed by atoms with van der Waals surface area (Å²) in [7, 11) is 1.58. The van der Waals surface area contributed by atoms with Crippen LogP contribution >= 0.6 is 0 Å². The van der Waals surface area contributed by atoms with Gasteiger partial charge in [-0.15, -0.1) is 0 Å². The molecular formula is C22H18F2N2O3. The Balaban J connectivity index is 1.64. The number of benzene rings is 2. The van der Waals surface area contributed by atoms with E-state index in [-0.39, 0.29) is 17.5 Å². The molecule has 0 fully saturated rings. The van der Waals surface area contributed by atoms with Crippen LogP contribution in [0.15, 0.2) is 59.1 Å². The van der Waals surface area contributed by atoms with E-state index in [0.29, 0.717) is 27.7 Å². The second-order valence-electron chi connectivity index (χ2n) is 6.66. The first-order valence-corrected chi connectivity index (χ1v) is 9.02. The zero-order chi connectivity index (χ0) is 20.5. The summed E-state index contributed by atoms with van der Waals surface area (Å²) in [6.07, 6.45) is -1.42. The first-order valence-electron chi connectivity index (χ1n) is 9.02. The fourth-order valence-corrected chi connectivity index (χ4v) is 3.29. The van der Waals surface area contributed by atoms with Crippen LogP contribution in [-0.2, 0) is 0 Å². The topological polar surface area (TPSA) is 64.4 Å². The summed E-state index contributed by atoms with van der Waals surface area (Å²) in [5, 5.41) is 4.12. The Hall–Kier alpha value is -3.48. The predicted molar refractivity (Wildman–Crippen MR) is 105 cm³/mol. The van der Waals surface area contributed by atoms with Crippen LogP contribution in [0.5, 0.6) is 5.75 Å². The summed E-state index contributed by atoms with van der Waals surface area (Å²) in [4.78, 5) is 16.4. The van der Waals surface area contributed by atoms with Gasteiger partial charge in [0.05, 0.1) is 13.2 Å². The van der Waals surface area contributed by atoms with Crippen molar-refractivity contribution in [3.05, 3.63) is 71.5 Å². The number of aromatic nitrogens is 1. The lowest BCUT2D eigenvalue weighted by Crippen LogP contribution is -2.26. The molecule has 0 aliphatic rings. The Morgan fingerprint density at radius 1 is 1.14 bits per heavy atom. The molecular weight excluding hydrogens is 378 g/mol. The number of carbonyl (C=O) groups excluding carboxylic acids is 1. The van der Waals surface area contributed by atoms with E-state index in [1.807, 2.05) is 31.2 Å². The van der Waals surface area contributed by atoms with E-state index in [1.54, 1.807) is 31.4 Å². The minimum atomic E-state index is -2.74. The van der Waals surface area contributed by atoms with Gasteiger partial charge in [0.25, 0.3) is 12.3 Å². The second kappa shape index (κ2) is 7.50. The number of hydrogen-bond donors (Lipinski definition) is 1. The quantitative estimate of drug-likeness (QED) is 0.489. The highest BCUT2D eigenvalue weighted by molar-refractivity contribution is 6.08. The minimum Gasteiger partial charge on any atom is -0.497 e. The number of fused-ring (bicyclic) bond motifs is 3. The third-order valence-electron chi connectivity index (χ3n) is 4.83. The average molecular weight is 396 g/mol. The number of rotatable bonds is 5. The monoisotopic (exact) mass is 396 g/mol. The first-order chi connectivity index (χ1) is 14.0. The van der Waals surface area contributed by atoms with Crippen molar-refractivity contribution in [1.29, 1.82) is 0 Å². The third-order valence-corrected chi connectivity index (χ3v) is 4.83. The molecule has 0 saturated carbocycles. The summed E-state index contributed by atoms with van der Waals surface area (Å²) in [5.41, 5.74) is 1.26. The van der Waals surface area contributed by atoms with Crippen LogP contribution < -0.4 is 10.1 Å². The predicted octanol–water partition coefficient (Wildman–Crippen LogP) is 5.42. The van der Waals surface area contributed by atoms with Gasteiger partial charge in [0.15, 0.2) is 5.58 Å². The zero-order valence-corrected chi connectivity index (χ0v) is 15.8. The number of amides is 1. The Labute approximate surface area is 165 Å². The highest BCUT2D eigenvalue weighted by atomic mass is 19.3. The highest BCUT2D eigenvalue weighted by Gasteiger charge is 2.20. The normalized spacial score (nSPS) is 12.4. The fraction of sp³-hybridized carbons (Fsp3) is 0.182. The molecule has 2 aromatic heterocycles. The second-order valence-corrected chi connectivity index (χ2v) is 6.66. The van der Waals surface area contributed by atoms with Crippen LogP contribution in [0.3, 0.4) is 0 Å². The van der Waals surface area contributed by atoms with Gasteiger partial charge in [-0.3, -0.25) is 9.78 Å². The number of pyridine rings is 1. The van der Waals surface area contributed by atoms with E-state index in [0.717, 1.165) is 5.56 Å². The maximum absolute atomic E-state index is 13.2. The van der Waals surface area contributed by atoms with E-state index in [4.69, 9.17) is 9.15 Å². The number of nitrogens with zero attached hydrogens (tertiary/aromatic N) is 1. The number of halogens is 2. The molecule has 7 heteroatoms. The van der Waals surface area contributed by atoms with Gasteiger partial charge in [0, 0.05) is 22.5 Å².